The topological polar surface area (TPSA) is 57.8 Å². The second-order valence-corrected chi connectivity index (χ2v) is 5.39. The van der Waals surface area contributed by atoms with Crippen molar-refractivity contribution in [3.8, 4) is 0 Å². The van der Waals surface area contributed by atoms with Crippen LogP contribution in [0, 0.1) is 12.8 Å². The fourth-order valence-corrected chi connectivity index (χ4v) is 2.85. The molecule has 1 aromatic heterocycles. The summed E-state index contributed by atoms with van der Waals surface area (Å²) < 4.78 is 0. The third-order valence-electron chi connectivity index (χ3n) is 3.95. The molecule has 100 valence electrons. The first-order valence-electron chi connectivity index (χ1n) is 7.01. The molecule has 1 aliphatic carbocycles. The van der Waals surface area contributed by atoms with Crippen molar-refractivity contribution in [3.05, 3.63) is 17.5 Å². The zero-order valence-corrected chi connectivity index (χ0v) is 11.3. The SMILES string of the molecule is CCCC1CCC(NC(=O)c2cn[nH]c2C)CC1. The summed E-state index contributed by atoms with van der Waals surface area (Å²) in [6, 6.07) is 0.347. The first kappa shape index (κ1) is 13.1. The molecule has 2 N–H and O–H groups in total. The number of carbonyl (C=O) groups excluding carboxylic acids is 1. The van der Waals surface area contributed by atoms with Gasteiger partial charge >= 0.3 is 0 Å². The van der Waals surface area contributed by atoms with Crippen LogP contribution in [0.3, 0.4) is 0 Å². The fraction of sp³-hybridized carbons (Fsp3) is 0.714. The van der Waals surface area contributed by atoms with E-state index in [9.17, 15) is 4.79 Å². The lowest BCUT2D eigenvalue weighted by atomic mass is 9.83. The largest absolute Gasteiger partial charge is 0.349 e. The maximum absolute atomic E-state index is 12.0. The summed E-state index contributed by atoms with van der Waals surface area (Å²) in [5.74, 6) is 0.888. The number of aromatic nitrogens is 2. The molecule has 1 heterocycles. The molecule has 0 bridgehead atoms. The number of hydrogen-bond donors (Lipinski definition) is 2. The van der Waals surface area contributed by atoms with E-state index in [1.165, 1.54) is 25.7 Å². The Morgan fingerprint density at radius 3 is 2.72 bits per heavy atom. The molecule has 1 saturated carbocycles. The van der Waals surface area contributed by atoms with Crippen LogP contribution in [-0.2, 0) is 0 Å². The normalized spacial score (nSPS) is 23.9. The molecule has 1 amide bonds. The molecule has 1 fully saturated rings. The predicted molar refractivity (Wildman–Crippen MR) is 71.4 cm³/mol. The van der Waals surface area contributed by atoms with Crippen LogP contribution in [0.15, 0.2) is 6.20 Å². The third kappa shape index (κ3) is 3.12. The van der Waals surface area contributed by atoms with Gasteiger partial charge in [0.05, 0.1) is 11.8 Å². The van der Waals surface area contributed by atoms with Crippen LogP contribution in [0.4, 0.5) is 0 Å². The number of aromatic amines is 1. The first-order chi connectivity index (χ1) is 8.70. The minimum Gasteiger partial charge on any atom is -0.349 e. The molecular weight excluding hydrogens is 226 g/mol. The highest BCUT2D eigenvalue weighted by Crippen LogP contribution is 2.27. The second kappa shape index (κ2) is 6.03. The van der Waals surface area contributed by atoms with Crippen LogP contribution in [-0.4, -0.2) is 22.1 Å². The Hall–Kier alpha value is -1.32. The lowest BCUT2D eigenvalue weighted by Crippen LogP contribution is -2.37. The average Bonchev–Trinajstić information content (AvgIpc) is 2.78. The van der Waals surface area contributed by atoms with Crippen LogP contribution in [0.25, 0.3) is 0 Å². The lowest BCUT2D eigenvalue weighted by Gasteiger charge is -2.28. The quantitative estimate of drug-likeness (QED) is 0.862. The maximum atomic E-state index is 12.0. The number of nitrogens with zero attached hydrogens (tertiary/aromatic N) is 1. The van der Waals surface area contributed by atoms with Gasteiger partial charge in [-0.2, -0.15) is 5.10 Å². The molecule has 4 nitrogen and oxygen atoms in total. The number of aryl methyl sites for hydroxylation is 1. The molecule has 1 aliphatic rings. The van der Waals surface area contributed by atoms with E-state index < -0.39 is 0 Å². The van der Waals surface area contributed by atoms with Gasteiger partial charge in [0.25, 0.3) is 5.91 Å². The zero-order chi connectivity index (χ0) is 13.0. The Labute approximate surface area is 109 Å². The Morgan fingerprint density at radius 2 is 2.17 bits per heavy atom. The number of carbonyl (C=O) groups is 1. The highest BCUT2D eigenvalue weighted by atomic mass is 16.1. The van der Waals surface area contributed by atoms with Crippen molar-refractivity contribution in [1.82, 2.24) is 15.5 Å². The summed E-state index contributed by atoms with van der Waals surface area (Å²) in [5.41, 5.74) is 1.51. The molecule has 0 unspecified atom stereocenters. The van der Waals surface area contributed by atoms with Crippen LogP contribution in [0.5, 0.6) is 0 Å². The minimum absolute atomic E-state index is 0.0141. The Balaban J connectivity index is 1.81. The van der Waals surface area contributed by atoms with Gasteiger partial charge in [-0.25, -0.2) is 0 Å². The van der Waals surface area contributed by atoms with E-state index in [4.69, 9.17) is 0 Å². The number of H-pyrrole nitrogens is 1. The van der Waals surface area contributed by atoms with Gasteiger partial charge in [0.1, 0.15) is 0 Å². The lowest BCUT2D eigenvalue weighted by molar-refractivity contribution is 0.0920. The van der Waals surface area contributed by atoms with Crippen LogP contribution >= 0.6 is 0 Å². The van der Waals surface area contributed by atoms with Crippen LogP contribution in [0.2, 0.25) is 0 Å². The van der Waals surface area contributed by atoms with Gasteiger partial charge in [-0.05, 0) is 38.5 Å². The van der Waals surface area contributed by atoms with Crippen molar-refractivity contribution in [2.24, 2.45) is 5.92 Å². The van der Waals surface area contributed by atoms with Gasteiger partial charge in [0, 0.05) is 11.7 Å². The maximum Gasteiger partial charge on any atom is 0.254 e. The number of nitrogens with one attached hydrogen (secondary N) is 2. The fourth-order valence-electron chi connectivity index (χ4n) is 2.85. The predicted octanol–water partition coefficient (Wildman–Crippen LogP) is 2.81. The van der Waals surface area contributed by atoms with Gasteiger partial charge in [0.15, 0.2) is 0 Å². The van der Waals surface area contributed by atoms with E-state index in [0.717, 1.165) is 24.5 Å². The second-order valence-electron chi connectivity index (χ2n) is 5.39. The van der Waals surface area contributed by atoms with Crippen molar-refractivity contribution in [2.45, 2.75) is 58.4 Å². The molecule has 0 spiro atoms. The Morgan fingerprint density at radius 1 is 1.44 bits per heavy atom. The summed E-state index contributed by atoms with van der Waals surface area (Å²) in [5, 5.41) is 9.81. The highest BCUT2D eigenvalue weighted by Gasteiger charge is 2.22. The van der Waals surface area contributed by atoms with E-state index in [1.54, 1.807) is 6.20 Å². The number of rotatable bonds is 4. The smallest absolute Gasteiger partial charge is 0.254 e. The van der Waals surface area contributed by atoms with E-state index >= 15 is 0 Å². The molecule has 0 saturated heterocycles. The van der Waals surface area contributed by atoms with Crippen molar-refractivity contribution >= 4 is 5.91 Å². The third-order valence-corrected chi connectivity index (χ3v) is 3.95. The molecule has 1 aromatic rings. The standard InChI is InChI=1S/C14H23N3O/c1-3-4-11-5-7-12(8-6-11)16-14(18)13-9-15-17-10(13)2/h9,11-12H,3-8H2,1-2H3,(H,15,17)(H,16,18). The highest BCUT2D eigenvalue weighted by molar-refractivity contribution is 5.95. The Kier molecular flexibility index (Phi) is 4.39. The van der Waals surface area contributed by atoms with Gasteiger partial charge in [-0.15, -0.1) is 0 Å². The van der Waals surface area contributed by atoms with Gasteiger partial charge in [-0.3, -0.25) is 9.89 Å². The average molecular weight is 249 g/mol. The van der Waals surface area contributed by atoms with Gasteiger partial charge < -0.3 is 5.32 Å². The first-order valence-corrected chi connectivity index (χ1v) is 7.01. The van der Waals surface area contributed by atoms with Crippen molar-refractivity contribution in [1.29, 1.82) is 0 Å². The summed E-state index contributed by atoms with van der Waals surface area (Å²) in [7, 11) is 0. The van der Waals surface area contributed by atoms with Crippen molar-refractivity contribution in [2.75, 3.05) is 0 Å². The monoisotopic (exact) mass is 249 g/mol. The molecule has 2 rings (SSSR count). The zero-order valence-electron chi connectivity index (χ0n) is 11.3. The molecular formula is C14H23N3O. The Bertz CT molecular complexity index is 391. The van der Waals surface area contributed by atoms with Crippen LogP contribution < -0.4 is 5.32 Å². The van der Waals surface area contributed by atoms with E-state index in [2.05, 4.69) is 22.4 Å². The van der Waals surface area contributed by atoms with E-state index in [1.807, 2.05) is 6.92 Å². The van der Waals surface area contributed by atoms with Gasteiger partial charge in [0.2, 0.25) is 0 Å². The molecule has 0 aromatic carbocycles. The summed E-state index contributed by atoms with van der Waals surface area (Å²) in [4.78, 5) is 12.0. The van der Waals surface area contributed by atoms with Crippen molar-refractivity contribution < 1.29 is 4.79 Å². The van der Waals surface area contributed by atoms with Gasteiger partial charge in [-0.1, -0.05) is 19.8 Å². The molecule has 18 heavy (non-hydrogen) atoms. The van der Waals surface area contributed by atoms with E-state index in [0.29, 0.717) is 11.6 Å². The molecule has 0 atom stereocenters. The number of amides is 1. The molecule has 4 heteroatoms. The molecule has 0 radical (unpaired) electrons. The minimum atomic E-state index is 0.0141. The molecule has 0 aliphatic heterocycles. The summed E-state index contributed by atoms with van der Waals surface area (Å²) in [6.45, 7) is 4.12. The summed E-state index contributed by atoms with van der Waals surface area (Å²) in [6.07, 6.45) is 8.96. The van der Waals surface area contributed by atoms with E-state index in [-0.39, 0.29) is 5.91 Å². The summed E-state index contributed by atoms with van der Waals surface area (Å²) >= 11 is 0. The number of hydrogen-bond acceptors (Lipinski definition) is 2. The van der Waals surface area contributed by atoms with Crippen molar-refractivity contribution in [3.63, 3.8) is 0 Å². The van der Waals surface area contributed by atoms with Crippen LogP contribution in [0.1, 0.15) is 61.5 Å².